The predicted molar refractivity (Wildman–Crippen MR) is 103 cm³/mol. The number of benzene rings is 2. The van der Waals surface area contributed by atoms with Gasteiger partial charge in [-0.15, -0.1) is 0 Å². The number of rotatable bonds is 4. The summed E-state index contributed by atoms with van der Waals surface area (Å²) in [5, 5.41) is 2.81. The average molecular weight is 387 g/mol. The summed E-state index contributed by atoms with van der Waals surface area (Å²) in [6, 6.07) is 11.2. The normalized spacial score (nSPS) is 14.2. The second kappa shape index (κ2) is 7.13. The minimum absolute atomic E-state index is 0.0760. The van der Waals surface area contributed by atoms with Crippen molar-refractivity contribution < 1.29 is 18.0 Å². The third-order valence-electron chi connectivity index (χ3n) is 4.58. The number of anilines is 2. The zero-order valence-electron chi connectivity index (χ0n) is 15.4. The summed E-state index contributed by atoms with van der Waals surface area (Å²) in [6.45, 7) is 0. The summed E-state index contributed by atoms with van der Waals surface area (Å²) >= 11 is 0. The molecule has 8 heteroatoms. The topological polar surface area (TPSA) is 86.8 Å². The third kappa shape index (κ3) is 3.72. The zero-order valence-corrected chi connectivity index (χ0v) is 16.2. The molecule has 27 heavy (non-hydrogen) atoms. The lowest BCUT2D eigenvalue weighted by atomic mass is 10.0. The molecule has 142 valence electrons. The number of nitrogens with one attached hydrogen (secondary N) is 1. The summed E-state index contributed by atoms with van der Waals surface area (Å²) in [6.07, 6.45) is 1.09. The van der Waals surface area contributed by atoms with E-state index in [4.69, 9.17) is 0 Å². The highest BCUT2D eigenvalue weighted by molar-refractivity contribution is 7.89. The van der Waals surface area contributed by atoms with Crippen molar-refractivity contribution in [2.75, 3.05) is 31.4 Å². The summed E-state index contributed by atoms with van der Waals surface area (Å²) in [4.78, 5) is 26.0. The fourth-order valence-electron chi connectivity index (χ4n) is 2.93. The molecular weight excluding hydrogens is 366 g/mol. The van der Waals surface area contributed by atoms with E-state index in [2.05, 4.69) is 5.32 Å². The van der Waals surface area contributed by atoms with E-state index < -0.39 is 10.0 Å². The van der Waals surface area contributed by atoms with Crippen LogP contribution in [0.5, 0.6) is 0 Å². The molecule has 2 aromatic rings. The molecule has 2 amide bonds. The molecule has 0 radical (unpaired) electrons. The van der Waals surface area contributed by atoms with Crippen LogP contribution in [0.25, 0.3) is 0 Å². The number of carbonyl (C=O) groups is 2. The molecular formula is C19H21N3O4S. The standard InChI is InChI=1S/C19H21N3O4S/c1-21(2)27(25,26)16-8-4-13(5-9-16)19(24)20-15-7-10-17-14(12-15)6-11-18(23)22(17)3/h4-5,7-10,12H,6,11H2,1-3H3,(H,20,24). The molecule has 2 aromatic carbocycles. The van der Waals surface area contributed by atoms with Crippen molar-refractivity contribution in [3.8, 4) is 0 Å². The molecule has 0 aromatic heterocycles. The molecule has 0 bridgehead atoms. The Bertz CT molecular complexity index is 998. The van der Waals surface area contributed by atoms with E-state index >= 15 is 0 Å². The third-order valence-corrected chi connectivity index (χ3v) is 6.41. The number of aryl methyl sites for hydroxylation is 1. The van der Waals surface area contributed by atoms with Gasteiger partial charge in [-0.3, -0.25) is 9.59 Å². The second-order valence-corrected chi connectivity index (χ2v) is 8.71. The lowest BCUT2D eigenvalue weighted by Gasteiger charge is -2.26. The molecule has 3 rings (SSSR count). The van der Waals surface area contributed by atoms with E-state index in [0.717, 1.165) is 15.6 Å². The predicted octanol–water partition coefficient (Wildman–Crippen LogP) is 2.10. The molecule has 1 heterocycles. The van der Waals surface area contributed by atoms with Crippen LogP contribution in [-0.2, 0) is 21.2 Å². The van der Waals surface area contributed by atoms with E-state index in [1.165, 1.54) is 38.4 Å². The van der Waals surface area contributed by atoms with Crippen molar-refractivity contribution in [3.63, 3.8) is 0 Å². The minimum atomic E-state index is -3.53. The molecule has 0 unspecified atom stereocenters. The van der Waals surface area contributed by atoms with E-state index in [1.807, 2.05) is 12.1 Å². The lowest BCUT2D eigenvalue weighted by Crippen LogP contribution is -2.31. The Kier molecular flexibility index (Phi) is 5.03. The van der Waals surface area contributed by atoms with Gasteiger partial charge in [-0.1, -0.05) is 0 Å². The molecule has 0 saturated carbocycles. The first-order valence-corrected chi connectivity index (χ1v) is 9.87. The highest BCUT2D eigenvalue weighted by Gasteiger charge is 2.21. The number of carbonyl (C=O) groups excluding carboxylic acids is 2. The monoisotopic (exact) mass is 387 g/mol. The second-order valence-electron chi connectivity index (χ2n) is 6.56. The SMILES string of the molecule is CN1C(=O)CCc2cc(NC(=O)c3ccc(S(=O)(=O)N(C)C)cc3)ccc21. The maximum absolute atomic E-state index is 12.5. The molecule has 0 saturated heterocycles. The van der Waals surface area contributed by atoms with Gasteiger partial charge in [-0.2, -0.15) is 0 Å². The van der Waals surface area contributed by atoms with Crippen molar-refractivity contribution in [1.82, 2.24) is 4.31 Å². The van der Waals surface area contributed by atoms with E-state index in [9.17, 15) is 18.0 Å². The van der Waals surface area contributed by atoms with Gasteiger partial charge in [0.15, 0.2) is 0 Å². The van der Waals surface area contributed by atoms with E-state index in [1.54, 1.807) is 18.0 Å². The molecule has 0 atom stereocenters. The quantitative estimate of drug-likeness (QED) is 0.870. The van der Waals surface area contributed by atoms with Crippen LogP contribution in [0, 0.1) is 0 Å². The van der Waals surface area contributed by atoms with Gasteiger partial charge < -0.3 is 10.2 Å². The van der Waals surface area contributed by atoms with Crippen molar-refractivity contribution in [2.45, 2.75) is 17.7 Å². The Morgan fingerprint density at radius 1 is 1.07 bits per heavy atom. The Morgan fingerprint density at radius 3 is 2.37 bits per heavy atom. The van der Waals surface area contributed by atoms with Crippen LogP contribution in [0.4, 0.5) is 11.4 Å². The van der Waals surface area contributed by atoms with Gasteiger partial charge in [-0.05, 0) is 54.4 Å². The van der Waals surface area contributed by atoms with Crippen molar-refractivity contribution in [1.29, 1.82) is 0 Å². The van der Waals surface area contributed by atoms with Crippen LogP contribution in [0.2, 0.25) is 0 Å². The number of hydrogen-bond donors (Lipinski definition) is 1. The highest BCUT2D eigenvalue weighted by atomic mass is 32.2. The Balaban J connectivity index is 1.77. The van der Waals surface area contributed by atoms with Crippen molar-refractivity contribution >= 4 is 33.2 Å². The summed E-state index contributed by atoms with van der Waals surface area (Å²) < 4.78 is 25.3. The molecule has 1 aliphatic rings. The number of hydrogen-bond acceptors (Lipinski definition) is 4. The smallest absolute Gasteiger partial charge is 0.255 e. The number of nitrogens with zero attached hydrogens (tertiary/aromatic N) is 2. The summed E-state index contributed by atoms with van der Waals surface area (Å²) in [7, 11) is 1.12. The Labute approximate surface area is 158 Å². The van der Waals surface area contributed by atoms with Gasteiger partial charge in [0.05, 0.1) is 4.90 Å². The highest BCUT2D eigenvalue weighted by Crippen LogP contribution is 2.29. The fourth-order valence-corrected chi connectivity index (χ4v) is 3.83. The number of amides is 2. The molecule has 0 aliphatic carbocycles. The number of sulfonamides is 1. The van der Waals surface area contributed by atoms with Crippen molar-refractivity contribution in [2.24, 2.45) is 0 Å². The summed E-state index contributed by atoms with van der Waals surface area (Å²) in [5.74, 6) is -0.254. The average Bonchev–Trinajstić information content (AvgIpc) is 2.64. The lowest BCUT2D eigenvalue weighted by molar-refractivity contribution is -0.118. The van der Waals surface area contributed by atoms with Crippen molar-refractivity contribution in [3.05, 3.63) is 53.6 Å². The van der Waals surface area contributed by atoms with Crippen LogP contribution in [0.1, 0.15) is 22.3 Å². The van der Waals surface area contributed by atoms with Crippen LogP contribution in [0.15, 0.2) is 47.4 Å². The maximum atomic E-state index is 12.5. The first-order valence-electron chi connectivity index (χ1n) is 8.43. The van der Waals surface area contributed by atoms with Gasteiger partial charge in [-0.25, -0.2) is 12.7 Å². The maximum Gasteiger partial charge on any atom is 0.255 e. The largest absolute Gasteiger partial charge is 0.322 e. The first kappa shape index (κ1) is 19.1. The zero-order chi connectivity index (χ0) is 19.8. The first-order chi connectivity index (χ1) is 12.7. The molecule has 1 aliphatic heterocycles. The van der Waals surface area contributed by atoms with Gasteiger partial charge in [0.1, 0.15) is 0 Å². The molecule has 1 N–H and O–H groups in total. The van der Waals surface area contributed by atoms with E-state index in [-0.39, 0.29) is 16.7 Å². The molecule has 0 spiro atoms. The van der Waals surface area contributed by atoms with Gasteiger partial charge in [0, 0.05) is 44.5 Å². The minimum Gasteiger partial charge on any atom is -0.322 e. The van der Waals surface area contributed by atoms with Gasteiger partial charge in [0.25, 0.3) is 5.91 Å². The van der Waals surface area contributed by atoms with Crippen LogP contribution < -0.4 is 10.2 Å². The summed E-state index contributed by atoms with van der Waals surface area (Å²) in [5.41, 5.74) is 2.84. The number of fused-ring (bicyclic) bond motifs is 1. The molecule has 0 fully saturated rings. The molecule has 7 nitrogen and oxygen atoms in total. The van der Waals surface area contributed by atoms with Gasteiger partial charge in [0.2, 0.25) is 15.9 Å². The van der Waals surface area contributed by atoms with Crippen LogP contribution >= 0.6 is 0 Å². The Morgan fingerprint density at radius 2 is 1.74 bits per heavy atom. The van der Waals surface area contributed by atoms with Gasteiger partial charge >= 0.3 is 0 Å². The fraction of sp³-hybridized carbons (Fsp3) is 0.263. The van der Waals surface area contributed by atoms with Crippen LogP contribution in [-0.4, -0.2) is 45.7 Å². The van der Waals surface area contributed by atoms with E-state index in [0.29, 0.717) is 24.1 Å². The Hall–Kier alpha value is -2.71. The van der Waals surface area contributed by atoms with Crippen LogP contribution in [0.3, 0.4) is 0 Å².